The van der Waals surface area contributed by atoms with Crippen molar-refractivity contribution in [3.8, 4) is 17.2 Å². The van der Waals surface area contributed by atoms with Gasteiger partial charge in [-0.05, 0) is 59.0 Å². The minimum absolute atomic E-state index is 0.0244. The summed E-state index contributed by atoms with van der Waals surface area (Å²) in [5.74, 6) is -0.615. The molecule has 3 heterocycles. The summed E-state index contributed by atoms with van der Waals surface area (Å²) in [6, 6.07) is 15.9. The van der Waals surface area contributed by atoms with E-state index in [-0.39, 0.29) is 39.7 Å². The van der Waals surface area contributed by atoms with Crippen LogP contribution in [0.2, 0.25) is 10.0 Å². The van der Waals surface area contributed by atoms with E-state index in [1.165, 1.54) is 27.3 Å². The van der Waals surface area contributed by atoms with E-state index in [2.05, 4.69) is 51.6 Å². The number of halogens is 2. The molecule has 2 aromatic carbocycles. The van der Waals surface area contributed by atoms with E-state index >= 15 is 0 Å². The fourth-order valence-electron chi connectivity index (χ4n) is 4.33. The summed E-state index contributed by atoms with van der Waals surface area (Å²) in [6.07, 6.45) is 1.54. The molecule has 3 N–H and O–H groups in total. The predicted molar refractivity (Wildman–Crippen MR) is 160 cm³/mol. The Hall–Kier alpha value is -4.61. The summed E-state index contributed by atoms with van der Waals surface area (Å²) in [5, 5.41) is 20.8. The molecule has 42 heavy (non-hydrogen) atoms. The number of amides is 2. The lowest BCUT2D eigenvalue weighted by atomic mass is 9.87. The zero-order chi connectivity index (χ0) is 30.2. The van der Waals surface area contributed by atoms with Crippen LogP contribution >= 0.6 is 23.2 Å². The zero-order valence-electron chi connectivity index (χ0n) is 23.3. The summed E-state index contributed by atoms with van der Waals surface area (Å²) < 4.78 is 1.32. The normalized spacial score (nSPS) is 11.5. The van der Waals surface area contributed by atoms with Crippen molar-refractivity contribution in [2.24, 2.45) is 5.73 Å². The molecule has 5 aromatic rings. The van der Waals surface area contributed by atoms with Gasteiger partial charge >= 0.3 is 0 Å². The highest BCUT2D eigenvalue weighted by Gasteiger charge is 2.23. The number of nitrogens with two attached hydrogens (primary N) is 1. The maximum absolute atomic E-state index is 13.6. The lowest BCUT2D eigenvalue weighted by Gasteiger charge is -2.18. The number of anilines is 1. The van der Waals surface area contributed by atoms with Crippen LogP contribution in [-0.2, 0) is 12.0 Å². The average Bonchev–Trinajstić information content (AvgIpc) is 3.57. The molecule has 0 unspecified atom stereocenters. The molecule has 0 spiro atoms. The minimum atomic E-state index is -0.737. The number of hydrogen-bond acceptors (Lipinski definition) is 7. The van der Waals surface area contributed by atoms with Gasteiger partial charge in [-0.3, -0.25) is 9.59 Å². The standard InChI is InChI=1S/C29H27Cl2N9O2/c1-16-12-19(30)13-21(25(32)41)24(16)34-28(42)23-14-20(36-40(23)27-22(31)6-5-11-33-27)15-39-37-26(35-38-39)17-7-9-18(10-8-17)29(2,3)4/h5-14H,15H2,1-4H3,(H2,32,41)(H,34,42). The molecule has 0 radical (unpaired) electrons. The average molecular weight is 605 g/mol. The molecular formula is C29H27Cl2N9O2. The number of carbonyl (C=O) groups excluding carboxylic acids is 2. The van der Waals surface area contributed by atoms with Crippen molar-refractivity contribution in [1.29, 1.82) is 0 Å². The number of aromatic nitrogens is 7. The van der Waals surface area contributed by atoms with Crippen LogP contribution in [-0.4, -0.2) is 46.8 Å². The summed E-state index contributed by atoms with van der Waals surface area (Å²) in [4.78, 5) is 31.4. The molecule has 0 atom stereocenters. The van der Waals surface area contributed by atoms with Crippen LogP contribution < -0.4 is 11.1 Å². The fourth-order valence-corrected chi connectivity index (χ4v) is 4.81. The Morgan fingerprint density at radius 1 is 1.02 bits per heavy atom. The molecule has 0 aliphatic rings. The van der Waals surface area contributed by atoms with Crippen molar-refractivity contribution in [2.75, 3.05) is 5.32 Å². The van der Waals surface area contributed by atoms with Crippen LogP contribution in [0.5, 0.6) is 0 Å². The molecule has 11 nitrogen and oxygen atoms in total. The third-order valence-corrected chi connectivity index (χ3v) is 7.02. The topological polar surface area (TPSA) is 146 Å². The lowest BCUT2D eigenvalue weighted by Crippen LogP contribution is -2.21. The molecule has 0 bridgehead atoms. The number of tetrazole rings is 1. The van der Waals surface area contributed by atoms with Gasteiger partial charge in [0, 0.05) is 16.8 Å². The Kier molecular flexibility index (Phi) is 7.81. The molecule has 0 saturated heterocycles. The van der Waals surface area contributed by atoms with E-state index < -0.39 is 11.8 Å². The van der Waals surface area contributed by atoms with Crippen molar-refractivity contribution < 1.29 is 9.59 Å². The Morgan fingerprint density at radius 3 is 2.43 bits per heavy atom. The van der Waals surface area contributed by atoms with Gasteiger partial charge in [0.2, 0.25) is 5.82 Å². The molecule has 3 aromatic heterocycles. The van der Waals surface area contributed by atoms with Gasteiger partial charge in [-0.2, -0.15) is 9.90 Å². The number of nitrogens with zero attached hydrogens (tertiary/aromatic N) is 7. The highest BCUT2D eigenvalue weighted by atomic mass is 35.5. The van der Waals surface area contributed by atoms with Gasteiger partial charge in [-0.15, -0.1) is 10.2 Å². The summed E-state index contributed by atoms with van der Waals surface area (Å²) in [5.41, 5.74) is 9.01. The molecule has 0 fully saturated rings. The molecule has 0 saturated carbocycles. The number of hydrogen-bond donors (Lipinski definition) is 2. The van der Waals surface area contributed by atoms with Gasteiger partial charge in [-0.1, -0.05) is 68.2 Å². The molecule has 0 aliphatic carbocycles. The second-order valence-corrected chi connectivity index (χ2v) is 11.5. The van der Waals surface area contributed by atoms with Crippen molar-refractivity contribution >= 4 is 40.7 Å². The first-order valence-corrected chi connectivity index (χ1v) is 13.7. The smallest absolute Gasteiger partial charge is 0.274 e. The van der Waals surface area contributed by atoms with E-state index in [1.807, 2.05) is 24.3 Å². The van der Waals surface area contributed by atoms with E-state index in [4.69, 9.17) is 28.9 Å². The first-order chi connectivity index (χ1) is 19.9. The Labute approximate surface area is 251 Å². The third kappa shape index (κ3) is 6.02. The summed E-state index contributed by atoms with van der Waals surface area (Å²) >= 11 is 12.5. The minimum Gasteiger partial charge on any atom is -0.366 e. The Bertz CT molecular complexity index is 1800. The molecule has 214 valence electrons. The van der Waals surface area contributed by atoms with Crippen LogP contribution in [0.4, 0.5) is 5.69 Å². The van der Waals surface area contributed by atoms with Gasteiger partial charge in [-0.25, -0.2) is 9.67 Å². The molecule has 13 heteroatoms. The van der Waals surface area contributed by atoms with Crippen molar-refractivity contribution in [3.63, 3.8) is 0 Å². The monoisotopic (exact) mass is 603 g/mol. The molecule has 2 amide bonds. The molecule has 5 rings (SSSR count). The number of nitrogens with one attached hydrogen (secondary N) is 1. The van der Waals surface area contributed by atoms with Gasteiger partial charge in [0.1, 0.15) is 12.2 Å². The Balaban J connectivity index is 1.47. The van der Waals surface area contributed by atoms with Gasteiger partial charge in [0.25, 0.3) is 11.8 Å². The number of aryl methyl sites for hydroxylation is 1. The lowest BCUT2D eigenvalue weighted by molar-refractivity contribution is 0.100. The third-order valence-electron chi connectivity index (χ3n) is 6.50. The van der Waals surface area contributed by atoms with Crippen LogP contribution in [0.25, 0.3) is 17.2 Å². The highest BCUT2D eigenvalue weighted by Crippen LogP contribution is 2.28. The number of benzene rings is 2. The SMILES string of the molecule is Cc1cc(Cl)cc(C(N)=O)c1NC(=O)c1cc(Cn2nnc(-c3ccc(C(C)(C)C)cc3)n2)nn1-c1ncccc1Cl. The second kappa shape index (κ2) is 11.3. The summed E-state index contributed by atoms with van der Waals surface area (Å²) in [6.45, 7) is 8.26. The van der Waals surface area contributed by atoms with E-state index in [0.29, 0.717) is 22.1 Å². The van der Waals surface area contributed by atoms with Crippen LogP contribution in [0.1, 0.15) is 58.4 Å². The fraction of sp³-hybridized carbons (Fsp3) is 0.207. The van der Waals surface area contributed by atoms with Gasteiger partial charge < -0.3 is 11.1 Å². The number of rotatable bonds is 7. The first-order valence-electron chi connectivity index (χ1n) is 12.9. The van der Waals surface area contributed by atoms with E-state index in [1.54, 1.807) is 31.2 Å². The maximum Gasteiger partial charge on any atom is 0.274 e. The van der Waals surface area contributed by atoms with Crippen LogP contribution in [0.3, 0.4) is 0 Å². The number of carbonyl (C=O) groups is 2. The van der Waals surface area contributed by atoms with E-state index in [0.717, 1.165) is 5.56 Å². The predicted octanol–water partition coefficient (Wildman–Crippen LogP) is 5.23. The Morgan fingerprint density at radius 2 is 1.76 bits per heavy atom. The number of primary amides is 1. The zero-order valence-corrected chi connectivity index (χ0v) is 24.8. The number of pyridine rings is 1. The quantitative estimate of drug-likeness (QED) is 0.259. The van der Waals surface area contributed by atoms with Gasteiger partial charge in [0.05, 0.1) is 22.0 Å². The van der Waals surface area contributed by atoms with Crippen molar-refractivity contribution in [1.82, 2.24) is 35.0 Å². The van der Waals surface area contributed by atoms with Crippen molar-refractivity contribution in [3.05, 3.63) is 98.9 Å². The second-order valence-electron chi connectivity index (χ2n) is 10.7. The summed E-state index contributed by atoms with van der Waals surface area (Å²) in [7, 11) is 0. The first kappa shape index (κ1) is 28.9. The van der Waals surface area contributed by atoms with Crippen LogP contribution in [0, 0.1) is 6.92 Å². The van der Waals surface area contributed by atoms with Crippen molar-refractivity contribution in [2.45, 2.75) is 39.7 Å². The van der Waals surface area contributed by atoms with Crippen LogP contribution in [0.15, 0.2) is 60.8 Å². The largest absolute Gasteiger partial charge is 0.366 e. The molecule has 0 aliphatic heterocycles. The van der Waals surface area contributed by atoms with Gasteiger partial charge in [0.15, 0.2) is 5.82 Å². The van der Waals surface area contributed by atoms with E-state index in [9.17, 15) is 9.59 Å². The maximum atomic E-state index is 13.6. The molecular weight excluding hydrogens is 577 g/mol. The highest BCUT2D eigenvalue weighted by molar-refractivity contribution is 6.32.